The van der Waals surface area contributed by atoms with Crippen molar-refractivity contribution in [3.05, 3.63) is 35.4 Å². The summed E-state index contributed by atoms with van der Waals surface area (Å²) in [7, 11) is 1.44. The summed E-state index contributed by atoms with van der Waals surface area (Å²) in [6.07, 6.45) is 3.84. The van der Waals surface area contributed by atoms with Crippen LogP contribution < -0.4 is 0 Å². The molecule has 0 spiro atoms. The molecule has 0 amide bonds. The molecule has 1 unspecified atom stereocenters. The van der Waals surface area contributed by atoms with Crippen LogP contribution in [0.4, 0.5) is 0 Å². The quantitative estimate of drug-likeness (QED) is 0.827. The molecule has 0 bridgehead atoms. The van der Waals surface area contributed by atoms with Gasteiger partial charge in [-0.15, -0.1) is 0 Å². The van der Waals surface area contributed by atoms with Crippen LogP contribution in [0, 0.1) is 40.4 Å². The number of rotatable bonds is 2. The number of methoxy groups -OCH3 is 1. The zero-order valence-electron chi connectivity index (χ0n) is 15.5. The van der Waals surface area contributed by atoms with Crippen LogP contribution in [-0.2, 0) is 16.0 Å². The molecule has 0 aromatic heterocycles. The molecule has 0 heterocycles. The number of aliphatic hydroxyl groups is 1. The number of hydrogen-bond acceptors (Lipinski definition) is 4. The molecule has 138 valence electrons. The second-order valence-corrected chi connectivity index (χ2v) is 8.44. The fraction of sp³-hybridized carbons (Fsp3) is 0.636. The topological polar surface area (TPSA) is 70.3 Å². The number of fused-ring (bicyclic) bond motifs is 5. The summed E-state index contributed by atoms with van der Waals surface area (Å²) in [5.74, 6) is 0.134. The van der Waals surface area contributed by atoms with E-state index in [2.05, 4.69) is 30.3 Å². The lowest BCUT2D eigenvalue weighted by molar-refractivity contribution is -0.152. The average Bonchev–Trinajstić information content (AvgIpc) is 3.06. The number of hydrogen-bond donors (Lipinski definition) is 1. The minimum absolute atomic E-state index is 0.0530. The molecule has 1 aromatic rings. The van der Waals surface area contributed by atoms with Crippen LogP contribution in [0.2, 0.25) is 0 Å². The van der Waals surface area contributed by atoms with Gasteiger partial charge in [0.1, 0.15) is 0 Å². The summed E-state index contributed by atoms with van der Waals surface area (Å²) >= 11 is 0. The van der Waals surface area contributed by atoms with Gasteiger partial charge in [0.05, 0.1) is 30.6 Å². The van der Waals surface area contributed by atoms with Gasteiger partial charge in [-0.3, -0.25) is 4.79 Å². The van der Waals surface area contributed by atoms with E-state index in [0.717, 1.165) is 25.7 Å². The monoisotopic (exact) mass is 353 g/mol. The van der Waals surface area contributed by atoms with Crippen LogP contribution in [0.15, 0.2) is 24.3 Å². The number of ether oxygens (including phenoxy) is 1. The van der Waals surface area contributed by atoms with Crippen molar-refractivity contribution >= 4 is 5.97 Å². The first-order valence-corrected chi connectivity index (χ1v) is 9.78. The SMILES string of the molecule is COC(=O)[C@H]1C[C@@]2(C#N)[C@@H](C(C)O)CC[C@H]2[C@@H]2CCc3ccccc3[C@H]21. The lowest BCUT2D eigenvalue weighted by Gasteiger charge is -2.52. The van der Waals surface area contributed by atoms with Gasteiger partial charge in [0.15, 0.2) is 0 Å². The summed E-state index contributed by atoms with van der Waals surface area (Å²) in [5.41, 5.74) is 1.99. The van der Waals surface area contributed by atoms with E-state index in [4.69, 9.17) is 4.74 Å². The fourth-order valence-corrected chi connectivity index (χ4v) is 6.59. The van der Waals surface area contributed by atoms with Gasteiger partial charge in [-0.1, -0.05) is 24.3 Å². The maximum atomic E-state index is 12.8. The Morgan fingerprint density at radius 1 is 1.35 bits per heavy atom. The maximum Gasteiger partial charge on any atom is 0.309 e. The van der Waals surface area contributed by atoms with Crippen LogP contribution in [0.25, 0.3) is 0 Å². The van der Waals surface area contributed by atoms with Gasteiger partial charge in [0.2, 0.25) is 0 Å². The van der Waals surface area contributed by atoms with Crippen LogP contribution in [-0.4, -0.2) is 24.3 Å². The Kier molecular flexibility index (Phi) is 4.31. The van der Waals surface area contributed by atoms with Gasteiger partial charge in [-0.05, 0) is 62.0 Å². The van der Waals surface area contributed by atoms with Gasteiger partial charge in [0, 0.05) is 11.8 Å². The molecular weight excluding hydrogens is 326 g/mol. The zero-order chi connectivity index (χ0) is 18.5. The smallest absolute Gasteiger partial charge is 0.309 e. The predicted octanol–water partition coefficient (Wildman–Crippen LogP) is 3.44. The van der Waals surface area contributed by atoms with Gasteiger partial charge in [-0.25, -0.2) is 0 Å². The molecule has 3 aliphatic carbocycles. The Balaban J connectivity index is 1.83. The minimum Gasteiger partial charge on any atom is -0.469 e. The van der Waals surface area contributed by atoms with Crippen molar-refractivity contribution in [1.82, 2.24) is 0 Å². The average molecular weight is 353 g/mol. The molecule has 7 atom stereocenters. The summed E-state index contributed by atoms with van der Waals surface area (Å²) in [5, 5.41) is 20.6. The lowest BCUT2D eigenvalue weighted by Crippen LogP contribution is -2.51. The van der Waals surface area contributed by atoms with E-state index in [1.165, 1.54) is 18.2 Å². The van der Waals surface area contributed by atoms with Crippen molar-refractivity contribution in [1.29, 1.82) is 5.26 Å². The van der Waals surface area contributed by atoms with Crippen LogP contribution in [0.1, 0.15) is 49.7 Å². The van der Waals surface area contributed by atoms with E-state index in [0.29, 0.717) is 12.3 Å². The number of esters is 1. The molecule has 3 aliphatic rings. The standard InChI is InChI=1S/C22H27NO3/c1-13(24)18-9-10-19-16-8-7-14-5-3-4-6-15(14)20(16)17(21(25)26-2)11-22(18,19)12-23/h3-6,13,16-20,24H,7-11H2,1-2H3/t13?,16-,17-,18+,19-,20+,22+/m0/s1. The number of aryl methyl sites for hydroxylation is 1. The van der Waals surface area contributed by atoms with Gasteiger partial charge in [-0.2, -0.15) is 5.26 Å². The van der Waals surface area contributed by atoms with Crippen molar-refractivity contribution < 1.29 is 14.6 Å². The van der Waals surface area contributed by atoms with E-state index in [1.807, 2.05) is 0 Å². The molecule has 4 rings (SSSR count). The van der Waals surface area contributed by atoms with Crippen LogP contribution in [0.5, 0.6) is 0 Å². The molecule has 4 heteroatoms. The van der Waals surface area contributed by atoms with Gasteiger partial charge < -0.3 is 9.84 Å². The van der Waals surface area contributed by atoms with Crippen molar-refractivity contribution in [2.45, 2.75) is 51.0 Å². The number of aliphatic hydroxyl groups excluding tert-OH is 1. The van der Waals surface area contributed by atoms with Crippen LogP contribution >= 0.6 is 0 Å². The first kappa shape index (κ1) is 17.5. The third kappa shape index (κ3) is 2.33. The van der Waals surface area contributed by atoms with E-state index in [9.17, 15) is 15.2 Å². The molecule has 26 heavy (non-hydrogen) atoms. The molecule has 1 N–H and O–H groups in total. The Morgan fingerprint density at radius 2 is 2.12 bits per heavy atom. The summed E-state index contributed by atoms with van der Waals surface area (Å²) in [6.45, 7) is 1.79. The molecule has 2 saturated carbocycles. The largest absolute Gasteiger partial charge is 0.469 e. The van der Waals surface area contributed by atoms with Crippen molar-refractivity contribution in [2.24, 2.45) is 29.1 Å². The summed E-state index contributed by atoms with van der Waals surface area (Å²) in [4.78, 5) is 12.8. The van der Waals surface area contributed by atoms with E-state index >= 15 is 0 Å². The van der Waals surface area contributed by atoms with Crippen LogP contribution in [0.3, 0.4) is 0 Å². The second kappa shape index (κ2) is 6.39. The summed E-state index contributed by atoms with van der Waals surface area (Å²) in [6, 6.07) is 11.0. The predicted molar refractivity (Wildman–Crippen MR) is 97.1 cm³/mol. The fourth-order valence-electron chi connectivity index (χ4n) is 6.59. The van der Waals surface area contributed by atoms with Crippen molar-refractivity contribution in [3.63, 3.8) is 0 Å². The number of carbonyl (C=O) groups is 1. The Hall–Kier alpha value is -1.86. The van der Waals surface area contributed by atoms with Crippen molar-refractivity contribution in [3.8, 4) is 6.07 Å². The van der Waals surface area contributed by atoms with E-state index < -0.39 is 11.5 Å². The molecule has 2 fully saturated rings. The first-order chi connectivity index (χ1) is 12.5. The third-order valence-corrected chi connectivity index (χ3v) is 7.54. The highest BCUT2D eigenvalue weighted by Crippen LogP contribution is 2.65. The number of carbonyl (C=O) groups excluding carboxylic acids is 1. The summed E-state index contributed by atoms with van der Waals surface area (Å²) < 4.78 is 5.18. The molecular formula is C22H27NO3. The second-order valence-electron chi connectivity index (χ2n) is 8.44. The Bertz CT molecular complexity index is 752. The third-order valence-electron chi connectivity index (χ3n) is 7.54. The highest BCUT2D eigenvalue weighted by atomic mass is 16.5. The minimum atomic E-state index is -0.611. The number of nitrogens with zero attached hydrogens (tertiary/aromatic N) is 1. The zero-order valence-corrected chi connectivity index (χ0v) is 15.5. The van der Waals surface area contributed by atoms with E-state index in [-0.39, 0.29) is 29.6 Å². The molecule has 0 radical (unpaired) electrons. The molecule has 4 nitrogen and oxygen atoms in total. The molecule has 1 aromatic carbocycles. The maximum absolute atomic E-state index is 12.8. The Morgan fingerprint density at radius 3 is 2.81 bits per heavy atom. The number of benzene rings is 1. The highest BCUT2D eigenvalue weighted by molar-refractivity contribution is 5.74. The van der Waals surface area contributed by atoms with Gasteiger partial charge in [0.25, 0.3) is 0 Å². The Labute approximate surface area is 155 Å². The number of nitriles is 1. The normalized spacial score (nSPS) is 39.1. The molecule has 0 aliphatic heterocycles. The van der Waals surface area contributed by atoms with Gasteiger partial charge >= 0.3 is 5.97 Å². The molecule has 0 saturated heterocycles. The lowest BCUT2D eigenvalue weighted by atomic mass is 9.50. The van der Waals surface area contributed by atoms with E-state index in [1.54, 1.807) is 6.92 Å². The highest BCUT2D eigenvalue weighted by Gasteiger charge is 2.62. The first-order valence-electron chi connectivity index (χ1n) is 9.78. The van der Waals surface area contributed by atoms with Crippen molar-refractivity contribution in [2.75, 3.05) is 7.11 Å².